The van der Waals surface area contributed by atoms with Gasteiger partial charge in [-0.15, -0.1) is 0 Å². The molecule has 0 saturated carbocycles. The van der Waals surface area contributed by atoms with Crippen LogP contribution in [0.4, 0.5) is 0 Å². The van der Waals surface area contributed by atoms with Crippen molar-refractivity contribution in [1.82, 2.24) is 5.32 Å². The minimum absolute atomic E-state index is 0.190. The third-order valence-corrected chi connectivity index (χ3v) is 0.985. The van der Waals surface area contributed by atoms with Gasteiger partial charge in [0.15, 0.2) is 0 Å². The van der Waals surface area contributed by atoms with Crippen molar-refractivity contribution in [2.75, 3.05) is 6.54 Å². The van der Waals surface area contributed by atoms with Crippen LogP contribution >= 0.6 is 0 Å². The Balaban J connectivity index is 2.09. The molecule has 1 aliphatic rings. The molecule has 2 unspecified atom stereocenters. The van der Waals surface area contributed by atoms with Gasteiger partial charge in [0.25, 0.3) is 0 Å². The first kappa shape index (κ1) is 4.05. The van der Waals surface area contributed by atoms with Gasteiger partial charge in [-0.1, -0.05) is 0 Å². The highest BCUT2D eigenvalue weighted by Crippen LogP contribution is 1.98. The van der Waals surface area contributed by atoms with Gasteiger partial charge >= 0.3 is 0 Å². The monoisotopic (exact) mass is 87.1 g/mol. The lowest BCUT2D eigenvalue weighted by Crippen LogP contribution is -2.14. The Kier molecular flexibility index (Phi) is 0.799. The third kappa shape index (κ3) is 0.518. The maximum Gasteiger partial charge on any atom is 0.0721 e. The molecule has 0 aliphatic carbocycles. The highest BCUT2D eigenvalue weighted by molar-refractivity contribution is 4.93. The van der Waals surface area contributed by atoms with Crippen molar-refractivity contribution in [3.8, 4) is 0 Å². The first-order valence-corrected chi connectivity index (χ1v) is 2.06. The minimum atomic E-state index is 0.190. The fraction of sp³-hybridized carbons (Fsp3) is 1.00. The van der Waals surface area contributed by atoms with Gasteiger partial charge in [0.1, 0.15) is 0 Å². The van der Waals surface area contributed by atoms with Crippen molar-refractivity contribution in [2.45, 2.75) is 12.2 Å². The molecule has 6 heavy (non-hydrogen) atoms. The van der Waals surface area contributed by atoms with Crippen LogP contribution in [0.1, 0.15) is 0 Å². The molecule has 36 valence electrons. The lowest BCUT2D eigenvalue weighted by atomic mass is 10.4. The fourth-order valence-electron chi connectivity index (χ4n) is 0.406. The average Bonchev–Trinajstić information content (AvgIpc) is 2.19. The average molecular weight is 87.1 g/mol. The predicted molar refractivity (Wildman–Crippen MR) is 24.0 cm³/mol. The van der Waals surface area contributed by atoms with Gasteiger partial charge in [0.05, 0.1) is 6.17 Å². The van der Waals surface area contributed by atoms with E-state index in [2.05, 4.69) is 5.32 Å². The predicted octanol–water partition coefficient (Wildman–Crippen LogP) is -1.80. The van der Waals surface area contributed by atoms with E-state index >= 15 is 0 Å². The summed E-state index contributed by atoms with van der Waals surface area (Å²) in [6.45, 7) is 0.668. The molecule has 0 spiro atoms. The Morgan fingerprint density at radius 2 is 2.17 bits per heavy atom. The van der Waals surface area contributed by atoms with Crippen LogP contribution in [0.3, 0.4) is 0 Å². The van der Waals surface area contributed by atoms with Crippen LogP contribution in [0.25, 0.3) is 0 Å². The van der Waals surface area contributed by atoms with E-state index in [1.54, 1.807) is 0 Å². The Morgan fingerprint density at radius 3 is 2.17 bits per heavy atom. The molecule has 0 amide bonds. The fourth-order valence-corrected chi connectivity index (χ4v) is 0.406. The van der Waals surface area contributed by atoms with Gasteiger partial charge in [0, 0.05) is 12.6 Å². The summed E-state index contributed by atoms with van der Waals surface area (Å²) in [5.74, 6) is 0. The van der Waals surface area contributed by atoms with E-state index in [0.717, 1.165) is 0 Å². The molecule has 0 aromatic rings. The normalized spacial score (nSPS) is 43.0. The van der Waals surface area contributed by atoms with Crippen LogP contribution in [-0.2, 0) is 0 Å². The van der Waals surface area contributed by atoms with E-state index < -0.39 is 0 Å². The second-order valence-electron chi connectivity index (χ2n) is 1.53. The third-order valence-electron chi connectivity index (χ3n) is 0.985. The molecule has 2 atom stereocenters. The van der Waals surface area contributed by atoms with Gasteiger partial charge in [-0.05, 0) is 0 Å². The van der Waals surface area contributed by atoms with Crippen molar-refractivity contribution >= 4 is 0 Å². The maximum absolute atomic E-state index is 5.29. The molecule has 3 nitrogen and oxygen atoms in total. The molecule has 5 N–H and O–H groups in total. The quantitative estimate of drug-likeness (QED) is 0.330. The highest BCUT2D eigenvalue weighted by Gasteiger charge is 2.29. The Morgan fingerprint density at radius 1 is 1.67 bits per heavy atom. The van der Waals surface area contributed by atoms with Gasteiger partial charge in [-0.25, -0.2) is 0 Å². The number of nitrogens with one attached hydrogen (secondary N) is 1. The van der Waals surface area contributed by atoms with Crippen LogP contribution in [0.5, 0.6) is 0 Å². The summed E-state index contributed by atoms with van der Waals surface area (Å²) in [6, 6.07) is 0.407. The first-order chi connectivity index (χ1) is 2.84. The van der Waals surface area contributed by atoms with Crippen LogP contribution < -0.4 is 16.8 Å². The van der Waals surface area contributed by atoms with Crippen molar-refractivity contribution in [1.29, 1.82) is 0 Å². The van der Waals surface area contributed by atoms with Gasteiger partial charge in [-0.2, -0.15) is 0 Å². The molecule has 1 saturated heterocycles. The summed E-state index contributed by atoms with van der Waals surface area (Å²) in [4.78, 5) is 0. The molecule has 1 heterocycles. The number of hydrogen-bond acceptors (Lipinski definition) is 3. The van der Waals surface area contributed by atoms with Crippen LogP contribution in [0, 0.1) is 0 Å². The lowest BCUT2D eigenvalue weighted by molar-refractivity contribution is 0.902. The molecule has 0 aromatic heterocycles. The van der Waals surface area contributed by atoms with E-state index in [9.17, 15) is 0 Å². The highest BCUT2D eigenvalue weighted by atomic mass is 15.2. The standard InChI is InChI=1S/C3H9N3/c4-1-2-3(5)6-2/h2-3,6H,1,4-5H2. The van der Waals surface area contributed by atoms with E-state index in [4.69, 9.17) is 11.5 Å². The zero-order chi connectivity index (χ0) is 4.57. The summed E-state index contributed by atoms with van der Waals surface area (Å²) in [7, 11) is 0. The van der Waals surface area contributed by atoms with E-state index in [1.165, 1.54) is 0 Å². The molecule has 1 aliphatic heterocycles. The van der Waals surface area contributed by atoms with Crippen LogP contribution in [0.15, 0.2) is 0 Å². The number of hydrogen-bond donors (Lipinski definition) is 3. The summed E-state index contributed by atoms with van der Waals surface area (Å²) in [5.41, 5.74) is 10.5. The zero-order valence-corrected chi connectivity index (χ0v) is 3.52. The minimum Gasteiger partial charge on any atom is -0.329 e. The van der Waals surface area contributed by atoms with Crippen molar-refractivity contribution < 1.29 is 0 Å². The summed E-state index contributed by atoms with van der Waals surface area (Å²) in [6.07, 6.45) is 0.190. The van der Waals surface area contributed by atoms with Crippen molar-refractivity contribution in [3.05, 3.63) is 0 Å². The van der Waals surface area contributed by atoms with Gasteiger partial charge < -0.3 is 11.5 Å². The largest absolute Gasteiger partial charge is 0.329 e. The van der Waals surface area contributed by atoms with Crippen molar-refractivity contribution in [2.24, 2.45) is 11.5 Å². The molecule has 1 fully saturated rings. The number of nitrogens with two attached hydrogens (primary N) is 2. The van der Waals surface area contributed by atoms with E-state index in [1.807, 2.05) is 0 Å². The Hall–Kier alpha value is -0.120. The smallest absolute Gasteiger partial charge is 0.0721 e. The molecule has 0 bridgehead atoms. The summed E-state index contributed by atoms with van der Waals surface area (Å²) < 4.78 is 0. The molecule has 1 rings (SSSR count). The second-order valence-corrected chi connectivity index (χ2v) is 1.53. The lowest BCUT2D eigenvalue weighted by Gasteiger charge is -1.77. The maximum atomic E-state index is 5.29. The van der Waals surface area contributed by atoms with Crippen molar-refractivity contribution in [3.63, 3.8) is 0 Å². The van der Waals surface area contributed by atoms with E-state index in [0.29, 0.717) is 12.6 Å². The summed E-state index contributed by atoms with van der Waals surface area (Å²) >= 11 is 0. The molecule has 0 aromatic carbocycles. The van der Waals surface area contributed by atoms with E-state index in [-0.39, 0.29) is 6.17 Å². The van der Waals surface area contributed by atoms with Gasteiger partial charge in [-0.3, -0.25) is 5.32 Å². The Labute approximate surface area is 36.7 Å². The second kappa shape index (κ2) is 1.18. The molecule has 3 heteroatoms. The number of rotatable bonds is 1. The molecule has 0 radical (unpaired) electrons. The SMILES string of the molecule is NCC1NC1N. The topological polar surface area (TPSA) is 74.0 Å². The van der Waals surface area contributed by atoms with Crippen LogP contribution in [0.2, 0.25) is 0 Å². The molecular formula is C3H9N3. The van der Waals surface area contributed by atoms with Crippen LogP contribution in [-0.4, -0.2) is 18.8 Å². The Bertz CT molecular complexity index is 52.0. The zero-order valence-electron chi connectivity index (χ0n) is 3.52. The molecular weight excluding hydrogens is 78.1 g/mol. The first-order valence-electron chi connectivity index (χ1n) is 2.06. The summed E-state index contributed by atoms with van der Waals surface area (Å²) in [5, 5.41) is 2.93. The van der Waals surface area contributed by atoms with Gasteiger partial charge in [0.2, 0.25) is 0 Å².